The predicted molar refractivity (Wildman–Crippen MR) is 62.1 cm³/mol. The summed E-state index contributed by atoms with van der Waals surface area (Å²) in [6.45, 7) is 5.82. The monoisotopic (exact) mass is 240 g/mol. The number of hydrogen-bond acceptors (Lipinski definition) is 4. The van der Waals surface area contributed by atoms with Crippen LogP contribution in [0.4, 0.5) is 0 Å². The number of aliphatic hydroxyl groups is 1. The van der Waals surface area contributed by atoms with Gasteiger partial charge in [-0.05, 0) is 6.42 Å². The molecular formula is C13H20O4. The lowest BCUT2D eigenvalue weighted by atomic mass is 9.94. The highest BCUT2D eigenvalue weighted by Gasteiger charge is 2.53. The number of hydrogen-bond donors (Lipinski definition) is 1. The molecule has 0 spiro atoms. The van der Waals surface area contributed by atoms with Crippen molar-refractivity contribution in [2.45, 2.75) is 57.5 Å². The molecule has 0 aromatic rings. The topological polar surface area (TPSA) is 55.8 Å². The fraction of sp³-hybridized carbons (Fsp3) is 0.769. The molecule has 1 N–H and O–H groups in total. The number of carbonyl (C=O) groups is 1. The summed E-state index contributed by atoms with van der Waals surface area (Å²) < 4.78 is 10.7. The Morgan fingerprint density at radius 3 is 2.82 bits per heavy atom. The molecule has 0 radical (unpaired) electrons. The van der Waals surface area contributed by atoms with Gasteiger partial charge in [0.05, 0.1) is 12.0 Å². The van der Waals surface area contributed by atoms with Crippen LogP contribution < -0.4 is 0 Å². The van der Waals surface area contributed by atoms with Gasteiger partial charge in [-0.25, -0.2) is 4.79 Å². The fourth-order valence-corrected chi connectivity index (χ4v) is 2.59. The lowest BCUT2D eigenvalue weighted by Crippen LogP contribution is -2.25. The zero-order valence-corrected chi connectivity index (χ0v) is 10.2. The number of esters is 1. The van der Waals surface area contributed by atoms with E-state index in [9.17, 15) is 9.90 Å². The van der Waals surface area contributed by atoms with E-state index in [4.69, 9.17) is 9.47 Å². The molecule has 0 aliphatic carbocycles. The van der Waals surface area contributed by atoms with Crippen LogP contribution in [0.3, 0.4) is 0 Å². The Labute approximate surface area is 102 Å². The van der Waals surface area contributed by atoms with Crippen molar-refractivity contribution in [2.24, 2.45) is 5.92 Å². The molecule has 17 heavy (non-hydrogen) atoms. The van der Waals surface area contributed by atoms with Crippen LogP contribution in [0.1, 0.15) is 39.0 Å². The smallest absolute Gasteiger partial charge is 0.334 e. The summed E-state index contributed by atoms with van der Waals surface area (Å²) in [6.07, 6.45) is 3.98. The highest BCUT2D eigenvalue weighted by atomic mass is 16.7. The first-order chi connectivity index (χ1) is 8.15. The first-order valence-electron chi connectivity index (χ1n) is 6.38. The van der Waals surface area contributed by atoms with Gasteiger partial charge in [-0.2, -0.15) is 0 Å². The molecule has 4 atom stereocenters. The molecule has 0 aromatic carbocycles. The molecule has 0 saturated carbocycles. The van der Waals surface area contributed by atoms with Crippen molar-refractivity contribution in [3.05, 3.63) is 12.2 Å². The maximum Gasteiger partial charge on any atom is 0.334 e. The molecule has 2 saturated heterocycles. The average molecular weight is 240 g/mol. The molecule has 4 nitrogen and oxygen atoms in total. The van der Waals surface area contributed by atoms with Crippen LogP contribution in [-0.2, 0) is 14.3 Å². The second-order valence-corrected chi connectivity index (χ2v) is 4.84. The summed E-state index contributed by atoms with van der Waals surface area (Å²) in [4.78, 5) is 11.4. The van der Waals surface area contributed by atoms with E-state index in [-0.39, 0.29) is 24.1 Å². The van der Waals surface area contributed by atoms with E-state index in [1.165, 1.54) is 12.8 Å². The molecule has 2 heterocycles. The molecule has 0 aromatic heterocycles. The second kappa shape index (κ2) is 5.19. The SMILES string of the molecule is C=C1C(=O)O[C@@H]2[C@H]1C(O)O[C@@H]2CCCCCC. The van der Waals surface area contributed by atoms with Gasteiger partial charge in [0.2, 0.25) is 0 Å². The molecule has 96 valence electrons. The van der Waals surface area contributed by atoms with E-state index in [2.05, 4.69) is 13.5 Å². The summed E-state index contributed by atoms with van der Waals surface area (Å²) in [7, 11) is 0. The highest BCUT2D eigenvalue weighted by Crippen LogP contribution is 2.40. The van der Waals surface area contributed by atoms with Gasteiger partial charge in [0.25, 0.3) is 0 Å². The summed E-state index contributed by atoms with van der Waals surface area (Å²) in [5.41, 5.74) is 0.346. The Bertz CT molecular complexity index is 313. The summed E-state index contributed by atoms with van der Waals surface area (Å²) in [5, 5.41) is 9.75. The van der Waals surface area contributed by atoms with Crippen molar-refractivity contribution in [2.75, 3.05) is 0 Å². The van der Waals surface area contributed by atoms with Crippen LogP contribution in [0, 0.1) is 5.92 Å². The number of ether oxygens (including phenoxy) is 2. The molecule has 2 fully saturated rings. The normalized spacial score (nSPS) is 36.1. The van der Waals surface area contributed by atoms with Crippen LogP contribution in [0.15, 0.2) is 12.2 Å². The zero-order valence-electron chi connectivity index (χ0n) is 10.2. The van der Waals surface area contributed by atoms with Crippen molar-refractivity contribution >= 4 is 5.97 Å². The molecule has 0 amide bonds. The van der Waals surface area contributed by atoms with Crippen LogP contribution >= 0.6 is 0 Å². The third-order valence-corrected chi connectivity index (χ3v) is 3.59. The van der Waals surface area contributed by atoms with Gasteiger partial charge in [0.1, 0.15) is 6.10 Å². The first-order valence-corrected chi connectivity index (χ1v) is 6.38. The van der Waals surface area contributed by atoms with E-state index >= 15 is 0 Å². The van der Waals surface area contributed by atoms with Gasteiger partial charge in [-0.1, -0.05) is 39.2 Å². The Morgan fingerprint density at radius 1 is 1.35 bits per heavy atom. The largest absolute Gasteiger partial charge is 0.455 e. The van der Waals surface area contributed by atoms with Crippen molar-refractivity contribution in [3.63, 3.8) is 0 Å². The Kier molecular flexibility index (Phi) is 3.84. The number of rotatable bonds is 5. The van der Waals surface area contributed by atoms with E-state index in [1.807, 2.05) is 0 Å². The Balaban J connectivity index is 1.89. The van der Waals surface area contributed by atoms with Crippen LogP contribution in [0.25, 0.3) is 0 Å². The lowest BCUT2D eigenvalue weighted by molar-refractivity contribution is -0.147. The minimum atomic E-state index is -0.935. The molecule has 0 bridgehead atoms. The van der Waals surface area contributed by atoms with Crippen molar-refractivity contribution in [1.29, 1.82) is 0 Å². The zero-order chi connectivity index (χ0) is 12.4. The third-order valence-electron chi connectivity index (χ3n) is 3.59. The van der Waals surface area contributed by atoms with Gasteiger partial charge < -0.3 is 14.6 Å². The summed E-state index contributed by atoms with van der Waals surface area (Å²) >= 11 is 0. The van der Waals surface area contributed by atoms with Crippen molar-refractivity contribution in [1.82, 2.24) is 0 Å². The lowest BCUT2D eigenvalue weighted by Gasteiger charge is -2.15. The standard InChI is InChI=1S/C13H20O4/c1-3-4-5-6-7-9-11-10(13(15)16-9)8(2)12(14)17-11/h9-11,13,15H,2-7H2,1H3/t9-,10+,11+,13?/m1/s1. The molecule has 2 rings (SSSR count). The maximum absolute atomic E-state index is 11.4. The van der Waals surface area contributed by atoms with Crippen LogP contribution in [-0.4, -0.2) is 29.6 Å². The van der Waals surface area contributed by atoms with E-state index < -0.39 is 6.29 Å². The maximum atomic E-state index is 11.4. The predicted octanol–water partition coefficient (Wildman–Crippen LogP) is 1.77. The minimum absolute atomic E-state index is 0.171. The Hall–Kier alpha value is -0.870. The number of fused-ring (bicyclic) bond motifs is 1. The van der Waals surface area contributed by atoms with Crippen molar-refractivity contribution < 1.29 is 19.4 Å². The molecule has 4 heteroatoms. The van der Waals surface area contributed by atoms with Gasteiger partial charge in [-0.15, -0.1) is 0 Å². The van der Waals surface area contributed by atoms with E-state index in [0.717, 1.165) is 19.3 Å². The van der Waals surface area contributed by atoms with Gasteiger partial charge in [0.15, 0.2) is 6.29 Å². The summed E-state index contributed by atoms with van der Waals surface area (Å²) in [5.74, 6) is -0.750. The number of carbonyl (C=O) groups excluding carboxylic acids is 1. The first kappa shape index (κ1) is 12.6. The molecule has 2 aliphatic heterocycles. The minimum Gasteiger partial charge on any atom is -0.455 e. The quantitative estimate of drug-likeness (QED) is 0.452. The fourth-order valence-electron chi connectivity index (χ4n) is 2.59. The third kappa shape index (κ3) is 2.38. The van der Waals surface area contributed by atoms with Gasteiger partial charge in [-0.3, -0.25) is 0 Å². The second-order valence-electron chi connectivity index (χ2n) is 4.84. The van der Waals surface area contributed by atoms with Crippen LogP contribution in [0.2, 0.25) is 0 Å². The van der Waals surface area contributed by atoms with Crippen molar-refractivity contribution in [3.8, 4) is 0 Å². The molecule has 2 aliphatic rings. The van der Waals surface area contributed by atoms with E-state index in [0.29, 0.717) is 5.57 Å². The molecule has 1 unspecified atom stereocenters. The molecular weight excluding hydrogens is 220 g/mol. The highest BCUT2D eigenvalue weighted by molar-refractivity contribution is 5.91. The number of aliphatic hydroxyl groups excluding tert-OH is 1. The van der Waals surface area contributed by atoms with Gasteiger partial charge >= 0.3 is 5.97 Å². The number of unbranched alkanes of at least 4 members (excludes halogenated alkanes) is 3. The summed E-state index contributed by atoms with van der Waals surface area (Å²) in [6, 6.07) is 0. The average Bonchev–Trinajstić information content (AvgIpc) is 2.75. The van der Waals surface area contributed by atoms with Gasteiger partial charge in [0, 0.05) is 5.57 Å². The Morgan fingerprint density at radius 2 is 2.12 bits per heavy atom. The van der Waals surface area contributed by atoms with E-state index in [1.54, 1.807) is 0 Å². The van der Waals surface area contributed by atoms with Crippen LogP contribution in [0.5, 0.6) is 0 Å².